The van der Waals surface area contributed by atoms with Gasteiger partial charge in [-0.3, -0.25) is 4.79 Å². The van der Waals surface area contributed by atoms with Gasteiger partial charge in [0.2, 0.25) is 0 Å². The van der Waals surface area contributed by atoms with E-state index < -0.39 is 17.2 Å². The molecule has 6 aliphatic rings. The van der Waals surface area contributed by atoms with Crippen LogP contribution in [0.25, 0.3) is 0 Å². The quantitative estimate of drug-likeness (QED) is 0.375. The highest BCUT2D eigenvalue weighted by atomic mass is 16.8. The zero-order valence-electron chi connectivity index (χ0n) is 24.1. The summed E-state index contributed by atoms with van der Waals surface area (Å²) in [6, 6.07) is 0. The van der Waals surface area contributed by atoms with Crippen LogP contribution in [0.15, 0.2) is 11.6 Å². The number of rotatable bonds is 1. The molecular weight excluding hydrogens is 448 g/mol. The Kier molecular flexibility index (Phi) is 5.08. The fourth-order valence-corrected chi connectivity index (χ4v) is 11.5. The van der Waals surface area contributed by atoms with Crippen LogP contribution in [0, 0.1) is 44.8 Å². The summed E-state index contributed by atoms with van der Waals surface area (Å²) in [6.45, 7) is 18.5. The van der Waals surface area contributed by atoms with Crippen molar-refractivity contribution in [3.8, 4) is 0 Å². The van der Waals surface area contributed by atoms with Gasteiger partial charge < -0.3 is 14.6 Å². The van der Waals surface area contributed by atoms with Crippen molar-refractivity contribution in [1.82, 2.24) is 0 Å². The molecule has 6 rings (SSSR count). The van der Waals surface area contributed by atoms with E-state index in [0.717, 1.165) is 51.4 Å². The number of aliphatic carboxylic acids is 1. The molecule has 5 fully saturated rings. The van der Waals surface area contributed by atoms with Gasteiger partial charge in [0, 0.05) is 0 Å². The van der Waals surface area contributed by atoms with Crippen LogP contribution in [0.3, 0.4) is 0 Å². The van der Waals surface area contributed by atoms with Gasteiger partial charge in [0.15, 0.2) is 5.79 Å². The number of fused-ring (bicyclic) bond motifs is 9. The van der Waals surface area contributed by atoms with Gasteiger partial charge in [0.05, 0.1) is 17.1 Å². The fourth-order valence-electron chi connectivity index (χ4n) is 11.5. The van der Waals surface area contributed by atoms with Crippen molar-refractivity contribution in [3.63, 3.8) is 0 Å². The van der Waals surface area contributed by atoms with Crippen LogP contribution in [0.4, 0.5) is 0 Å². The van der Waals surface area contributed by atoms with Gasteiger partial charge in [0.1, 0.15) is 0 Å². The highest BCUT2D eigenvalue weighted by Gasteiger charge is 2.73. The molecule has 1 aliphatic heterocycles. The highest BCUT2D eigenvalue weighted by molar-refractivity contribution is 5.81. The second kappa shape index (κ2) is 7.20. The van der Waals surface area contributed by atoms with Crippen LogP contribution in [0.2, 0.25) is 0 Å². The first-order valence-corrected chi connectivity index (χ1v) is 14.9. The van der Waals surface area contributed by atoms with Crippen LogP contribution >= 0.6 is 0 Å². The number of carboxylic acids is 1. The molecule has 202 valence electrons. The van der Waals surface area contributed by atoms with E-state index in [1.165, 1.54) is 18.4 Å². The molecule has 0 amide bonds. The summed E-state index contributed by atoms with van der Waals surface area (Å²) in [5.74, 6) is 0.0565. The average Bonchev–Trinajstić information content (AvgIpc) is 3.01. The molecule has 1 saturated heterocycles. The molecule has 1 N–H and O–H groups in total. The molecule has 9 unspecified atom stereocenters. The van der Waals surface area contributed by atoms with Crippen LogP contribution in [-0.2, 0) is 14.3 Å². The molecule has 4 saturated carbocycles. The standard InChI is InChI=1S/C32H50O4/c1-26(2)15-16-28(5)17-18-32(25(33)34)20(21(28)19-26)9-10-22-29(6)13-12-24-31(8,36-27(3,4)35-24)23(29)11-14-30(22,32)7/h9,21-24H,10-19H2,1-8H3,(H,33,34). The maximum Gasteiger partial charge on any atom is 0.314 e. The average molecular weight is 499 g/mol. The lowest BCUT2D eigenvalue weighted by Crippen LogP contribution is -2.68. The molecule has 0 spiro atoms. The third kappa shape index (κ3) is 2.98. The highest BCUT2D eigenvalue weighted by Crippen LogP contribution is 2.76. The Morgan fingerprint density at radius 3 is 2.28 bits per heavy atom. The van der Waals surface area contributed by atoms with E-state index in [0.29, 0.717) is 17.8 Å². The van der Waals surface area contributed by atoms with E-state index in [1.54, 1.807) is 0 Å². The minimum Gasteiger partial charge on any atom is -0.481 e. The normalized spacial score (nSPS) is 54.7. The summed E-state index contributed by atoms with van der Waals surface area (Å²) in [5.41, 5.74) is 0.653. The van der Waals surface area contributed by atoms with E-state index in [4.69, 9.17) is 9.47 Å². The summed E-state index contributed by atoms with van der Waals surface area (Å²) in [5, 5.41) is 11.2. The Labute approximate surface area is 219 Å². The van der Waals surface area contributed by atoms with E-state index >= 15 is 0 Å². The van der Waals surface area contributed by atoms with Gasteiger partial charge in [-0.2, -0.15) is 0 Å². The van der Waals surface area contributed by atoms with Gasteiger partial charge >= 0.3 is 5.97 Å². The molecular formula is C32H50O4. The number of hydrogen-bond donors (Lipinski definition) is 1. The predicted molar refractivity (Wildman–Crippen MR) is 141 cm³/mol. The minimum atomic E-state index is -0.731. The van der Waals surface area contributed by atoms with Crippen LogP contribution in [-0.4, -0.2) is 28.6 Å². The maximum absolute atomic E-state index is 13.6. The van der Waals surface area contributed by atoms with Crippen molar-refractivity contribution in [1.29, 1.82) is 0 Å². The summed E-state index contributed by atoms with van der Waals surface area (Å²) in [6.07, 6.45) is 13.2. The molecule has 4 heteroatoms. The molecule has 0 bridgehead atoms. The smallest absolute Gasteiger partial charge is 0.314 e. The Bertz CT molecular complexity index is 1010. The zero-order valence-corrected chi connectivity index (χ0v) is 24.1. The zero-order chi connectivity index (χ0) is 26.2. The minimum absolute atomic E-state index is 0.0547. The molecule has 0 aromatic rings. The Balaban J connectivity index is 1.45. The molecule has 5 aliphatic carbocycles. The first-order chi connectivity index (χ1) is 16.5. The molecule has 36 heavy (non-hydrogen) atoms. The number of hydrogen-bond acceptors (Lipinski definition) is 3. The molecule has 9 atom stereocenters. The lowest BCUT2D eigenvalue weighted by atomic mass is 9.34. The first kappa shape index (κ1) is 25.4. The second-order valence-electron chi connectivity index (χ2n) is 16.1. The van der Waals surface area contributed by atoms with E-state index in [9.17, 15) is 9.90 Å². The summed E-state index contributed by atoms with van der Waals surface area (Å²) in [4.78, 5) is 13.6. The third-order valence-electron chi connectivity index (χ3n) is 13.3. The molecule has 1 heterocycles. The first-order valence-electron chi connectivity index (χ1n) is 14.9. The fraction of sp³-hybridized carbons (Fsp3) is 0.906. The predicted octanol–water partition coefficient (Wildman–Crippen LogP) is 7.76. The van der Waals surface area contributed by atoms with Crippen molar-refractivity contribution in [2.45, 2.75) is 137 Å². The van der Waals surface area contributed by atoms with Gasteiger partial charge in [-0.15, -0.1) is 0 Å². The molecule has 0 aromatic heterocycles. The summed E-state index contributed by atoms with van der Waals surface area (Å²) in [7, 11) is 0. The lowest BCUT2D eigenvalue weighted by molar-refractivity contribution is -0.227. The van der Waals surface area contributed by atoms with Crippen molar-refractivity contribution < 1.29 is 19.4 Å². The lowest BCUT2D eigenvalue weighted by Gasteiger charge is -2.70. The number of carboxylic acid groups (broad SMARTS) is 1. The molecule has 0 aromatic carbocycles. The maximum atomic E-state index is 13.6. The van der Waals surface area contributed by atoms with E-state index in [2.05, 4.69) is 61.5 Å². The van der Waals surface area contributed by atoms with E-state index in [-0.39, 0.29) is 33.4 Å². The number of allylic oxidation sites excluding steroid dienone is 1. The van der Waals surface area contributed by atoms with E-state index in [1.807, 2.05) is 0 Å². The van der Waals surface area contributed by atoms with Crippen LogP contribution in [0.5, 0.6) is 0 Å². The van der Waals surface area contributed by atoms with Gasteiger partial charge in [0.25, 0.3) is 0 Å². The number of ether oxygens (including phenoxy) is 2. The Hall–Kier alpha value is -0.870. The third-order valence-corrected chi connectivity index (χ3v) is 13.3. The van der Waals surface area contributed by atoms with Crippen LogP contribution < -0.4 is 0 Å². The molecule has 0 radical (unpaired) electrons. The van der Waals surface area contributed by atoms with Crippen molar-refractivity contribution >= 4 is 5.97 Å². The van der Waals surface area contributed by atoms with Crippen LogP contribution in [0.1, 0.15) is 120 Å². The van der Waals surface area contributed by atoms with Gasteiger partial charge in [-0.05, 0) is 124 Å². The topological polar surface area (TPSA) is 55.8 Å². The second-order valence-corrected chi connectivity index (χ2v) is 16.1. The largest absolute Gasteiger partial charge is 0.481 e. The Morgan fingerprint density at radius 2 is 1.58 bits per heavy atom. The summed E-state index contributed by atoms with van der Waals surface area (Å²) >= 11 is 0. The monoisotopic (exact) mass is 498 g/mol. The van der Waals surface area contributed by atoms with Gasteiger partial charge in [-0.1, -0.05) is 46.3 Å². The molecule has 4 nitrogen and oxygen atoms in total. The van der Waals surface area contributed by atoms with Gasteiger partial charge in [-0.25, -0.2) is 0 Å². The van der Waals surface area contributed by atoms with Crippen molar-refractivity contribution in [2.24, 2.45) is 44.8 Å². The number of carbonyl (C=O) groups is 1. The Morgan fingerprint density at radius 1 is 0.889 bits per heavy atom. The SMILES string of the molecule is CC1(C)CCC2(C)CCC3(C(=O)O)C(=CCC4C5(C)CCC6OC(C)(C)OC6(C)C5CCC43C)C2C1. The van der Waals surface area contributed by atoms with Crippen molar-refractivity contribution in [2.75, 3.05) is 0 Å². The van der Waals surface area contributed by atoms with Crippen molar-refractivity contribution in [3.05, 3.63) is 11.6 Å². The summed E-state index contributed by atoms with van der Waals surface area (Å²) < 4.78 is 13.1.